The third-order valence-corrected chi connectivity index (χ3v) is 5.29. The van der Waals surface area contributed by atoms with Gasteiger partial charge in [-0.2, -0.15) is 0 Å². The third-order valence-electron chi connectivity index (χ3n) is 4.32. The zero-order valence-electron chi connectivity index (χ0n) is 16.1. The van der Waals surface area contributed by atoms with Crippen LogP contribution in [0.15, 0.2) is 23.1 Å². The smallest absolute Gasteiger partial charge is 0.328 e. The van der Waals surface area contributed by atoms with Crippen LogP contribution in [-0.2, 0) is 36.7 Å². The van der Waals surface area contributed by atoms with Gasteiger partial charge < -0.3 is 14.8 Å². The summed E-state index contributed by atoms with van der Waals surface area (Å²) in [5, 5.41) is 2.56. The quantitative estimate of drug-likeness (QED) is 0.513. The van der Waals surface area contributed by atoms with Crippen LogP contribution in [0.25, 0.3) is 0 Å². The van der Waals surface area contributed by atoms with Gasteiger partial charge in [-0.1, -0.05) is 19.9 Å². The summed E-state index contributed by atoms with van der Waals surface area (Å²) in [7, 11) is 1.28. The second-order valence-electron chi connectivity index (χ2n) is 7.01. The van der Waals surface area contributed by atoms with Gasteiger partial charge in [-0.05, 0) is 54.9 Å². The summed E-state index contributed by atoms with van der Waals surface area (Å²) >= 11 is 1.40. The van der Waals surface area contributed by atoms with E-state index in [1.165, 1.54) is 36.4 Å². The van der Waals surface area contributed by atoms with Crippen molar-refractivity contribution in [2.24, 2.45) is 5.92 Å². The van der Waals surface area contributed by atoms with Crippen LogP contribution in [0.1, 0.15) is 37.8 Å². The Morgan fingerprint density at radius 3 is 2.63 bits per heavy atom. The lowest BCUT2D eigenvalue weighted by molar-refractivity contribution is -0.149. The number of esters is 2. The van der Waals surface area contributed by atoms with E-state index in [1.807, 2.05) is 19.9 Å². The van der Waals surface area contributed by atoms with Crippen molar-refractivity contribution in [3.63, 3.8) is 0 Å². The van der Waals surface area contributed by atoms with Crippen molar-refractivity contribution in [2.75, 3.05) is 19.5 Å². The molecule has 0 radical (unpaired) electrons. The van der Waals surface area contributed by atoms with Gasteiger partial charge in [0.15, 0.2) is 6.61 Å². The van der Waals surface area contributed by atoms with E-state index in [1.54, 1.807) is 0 Å². The fourth-order valence-electron chi connectivity index (χ4n) is 3.03. The van der Waals surface area contributed by atoms with E-state index < -0.39 is 30.5 Å². The standard InChI is InChI=1S/C20H27NO5S/c1-13(2)9-17(20(24)25-3)21-18(22)11-26-19(23)12-27-16-8-7-14-5-4-6-15(14)10-16/h7-8,10,13,17H,4-6,9,11-12H2,1-3H3,(H,21,22)/t17-/m1/s1. The minimum absolute atomic E-state index is 0.137. The number of thioether (sulfide) groups is 1. The SMILES string of the molecule is COC(=O)[C@@H](CC(C)C)NC(=O)COC(=O)CSc1ccc2c(c1)CCC2. The first-order chi connectivity index (χ1) is 12.9. The van der Waals surface area contributed by atoms with Crippen molar-refractivity contribution in [2.45, 2.75) is 50.5 Å². The van der Waals surface area contributed by atoms with Crippen LogP contribution in [0, 0.1) is 5.92 Å². The van der Waals surface area contributed by atoms with Crippen molar-refractivity contribution in [3.8, 4) is 0 Å². The maximum Gasteiger partial charge on any atom is 0.328 e. The molecule has 0 heterocycles. The first-order valence-corrected chi connectivity index (χ1v) is 10.1. The lowest BCUT2D eigenvalue weighted by Crippen LogP contribution is -2.44. The molecule has 0 spiro atoms. The van der Waals surface area contributed by atoms with Crippen molar-refractivity contribution in [3.05, 3.63) is 29.3 Å². The average Bonchev–Trinajstić information content (AvgIpc) is 3.10. The van der Waals surface area contributed by atoms with Crippen LogP contribution in [0.5, 0.6) is 0 Å². The Labute approximate surface area is 164 Å². The molecule has 6 nitrogen and oxygen atoms in total. The Morgan fingerprint density at radius 1 is 1.19 bits per heavy atom. The second kappa shape index (κ2) is 10.3. The van der Waals surface area contributed by atoms with E-state index in [0.29, 0.717) is 6.42 Å². The Bertz CT molecular complexity index is 689. The van der Waals surface area contributed by atoms with Crippen molar-refractivity contribution in [1.82, 2.24) is 5.32 Å². The zero-order valence-corrected chi connectivity index (χ0v) is 16.9. The van der Waals surface area contributed by atoms with E-state index in [0.717, 1.165) is 17.7 Å². The molecule has 1 aromatic carbocycles. The predicted molar refractivity (Wildman–Crippen MR) is 104 cm³/mol. The van der Waals surface area contributed by atoms with Crippen LogP contribution in [0.2, 0.25) is 0 Å². The van der Waals surface area contributed by atoms with Crippen molar-refractivity contribution in [1.29, 1.82) is 0 Å². The van der Waals surface area contributed by atoms with Crippen molar-refractivity contribution < 1.29 is 23.9 Å². The van der Waals surface area contributed by atoms with E-state index in [2.05, 4.69) is 17.4 Å². The molecule has 1 atom stereocenters. The lowest BCUT2D eigenvalue weighted by Gasteiger charge is -2.18. The van der Waals surface area contributed by atoms with Gasteiger partial charge in [0.2, 0.25) is 0 Å². The number of carbonyl (C=O) groups is 3. The summed E-state index contributed by atoms with van der Waals surface area (Å²) in [5.41, 5.74) is 2.74. The molecule has 0 saturated heterocycles. The Morgan fingerprint density at radius 2 is 1.93 bits per heavy atom. The molecule has 0 bridgehead atoms. The summed E-state index contributed by atoms with van der Waals surface area (Å²) in [5.74, 6) is -1.13. The number of hydrogen-bond donors (Lipinski definition) is 1. The number of benzene rings is 1. The van der Waals surface area contributed by atoms with Gasteiger partial charge in [-0.3, -0.25) is 9.59 Å². The van der Waals surface area contributed by atoms with Gasteiger partial charge in [0.05, 0.1) is 12.9 Å². The molecule has 1 amide bonds. The molecule has 1 aliphatic carbocycles. The third kappa shape index (κ3) is 6.90. The molecule has 0 fully saturated rings. The highest BCUT2D eigenvalue weighted by atomic mass is 32.2. The first-order valence-electron chi connectivity index (χ1n) is 9.16. The average molecular weight is 394 g/mol. The number of methoxy groups -OCH3 is 1. The minimum atomic E-state index is -0.734. The molecular weight excluding hydrogens is 366 g/mol. The number of nitrogens with one attached hydrogen (secondary N) is 1. The van der Waals surface area contributed by atoms with Crippen LogP contribution in [0.3, 0.4) is 0 Å². The Hall–Kier alpha value is -2.02. The summed E-state index contributed by atoms with van der Waals surface area (Å²) in [4.78, 5) is 36.6. The molecule has 27 heavy (non-hydrogen) atoms. The fraction of sp³-hybridized carbons (Fsp3) is 0.550. The summed E-state index contributed by atoms with van der Waals surface area (Å²) in [6.45, 7) is 3.48. The van der Waals surface area contributed by atoms with Crippen LogP contribution >= 0.6 is 11.8 Å². The largest absolute Gasteiger partial charge is 0.467 e. The zero-order chi connectivity index (χ0) is 19.8. The van der Waals surface area contributed by atoms with Gasteiger partial charge in [0.1, 0.15) is 6.04 Å². The van der Waals surface area contributed by atoms with Crippen LogP contribution < -0.4 is 5.32 Å². The number of rotatable bonds is 9. The second-order valence-corrected chi connectivity index (χ2v) is 8.05. The van der Waals surface area contributed by atoms with Crippen molar-refractivity contribution >= 4 is 29.6 Å². The van der Waals surface area contributed by atoms with Gasteiger partial charge in [-0.15, -0.1) is 11.8 Å². The fourth-order valence-corrected chi connectivity index (χ4v) is 3.79. The molecule has 1 aromatic rings. The number of amides is 1. The van der Waals surface area contributed by atoms with E-state index in [9.17, 15) is 14.4 Å². The van der Waals surface area contributed by atoms with E-state index in [-0.39, 0.29) is 11.7 Å². The summed E-state index contributed by atoms with van der Waals surface area (Å²) < 4.78 is 9.71. The molecule has 148 valence electrons. The molecule has 0 unspecified atom stereocenters. The Balaban J connectivity index is 1.74. The lowest BCUT2D eigenvalue weighted by atomic mass is 10.0. The molecule has 1 N–H and O–H groups in total. The number of ether oxygens (including phenoxy) is 2. The van der Waals surface area contributed by atoms with Gasteiger partial charge in [0, 0.05) is 4.90 Å². The van der Waals surface area contributed by atoms with E-state index >= 15 is 0 Å². The topological polar surface area (TPSA) is 81.7 Å². The highest BCUT2D eigenvalue weighted by Crippen LogP contribution is 2.27. The van der Waals surface area contributed by atoms with Crippen LogP contribution in [-0.4, -0.2) is 43.4 Å². The highest BCUT2D eigenvalue weighted by Gasteiger charge is 2.23. The number of aryl methyl sites for hydroxylation is 2. The molecule has 2 rings (SSSR count). The monoisotopic (exact) mass is 393 g/mol. The number of hydrogen-bond acceptors (Lipinski definition) is 6. The Kier molecular flexibility index (Phi) is 8.16. The summed E-state index contributed by atoms with van der Waals surface area (Å²) in [6, 6.07) is 5.52. The van der Waals surface area contributed by atoms with Gasteiger partial charge >= 0.3 is 11.9 Å². The predicted octanol–water partition coefficient (Wildman–Crippen LogP) is 2.51. The number of carbonyl (C=O) groups excluding carboxylic acids is 3. The maximum atomic E-state index is 12.0. The highest BCUT2D eigenvalue weighted by molar-refractivity contribution is 8.00. The minimum Gasteiger partial charge on any atom is -0.467 e. The molecule has 0 saturated carbocycles. The number of fused-ring (bicyclic) bond motifs is 1. The van der Waals surface area contributed by atoms with Gasteiger partial charge in [0.25, 0.3) is 5.91 Å². The molecule has 7 heteroatoms. The van der Waals surface area contributed by atoms with Crippen LogP contribution in [0.4, 0.5) is 0 Å². The first kappa shape index (κ1) is 21.3. The maximum absolute atomic E-state index is 12.0. The molecule has 0 aromatic heterocycles. The molecular formula is C20H27NO5S. The van der Waals surface area contributed by atoms with E-state index in [4.69, 9.17) is 9.47 Å². The normalized spacial score (nSPS) is 13.8. The molecule has 0 aliphatic heterocycles. The van der Waals surface area contributed by atoms with Gasteiger partial charge in [-0.25, -0.2) is 4.79 Å². The summed E-state index contributed by atoms with van der Waals surface area (Å²) in [6.07, 6.45) is 3.86. The molecule has 1 aliphatic rings.